The van der Waals surface area contributed by atoms with Gasteiger partial charge in [0.2, 0.25) is 0 Å². The first-order valence-electron chi connectivity index (χ1n) is 4.56. The Morgan fingerprint density at radius 1 is 1.64 bits per heavy atom. The van der Waals surface area contributed by atoms with Gasteiger partial charge in [0.05, 0.1) is 0 Å². The molecular weight excluding hydrogens is 198 g/mol. The Balaban J connectivity index is 2.34. The molecule has 0 amide bonds. The van der Waals surface area contributed by atoms with E-state index in [1.807, 2.05) is 6.92 Å². The molecule has 0 saturated carbocycles. The first kappa shape index (κ1) is 11.0. The summed E-state index contributed by atoms with van der Waals surface area (Å²) in [5.74, 6) is 1.97. The Labute approximate surface area is 89.0 Å². The molecule has 0 spiro atoms. The number of aryl methyl sites for hydroxylation is 1. The summed E-state index contributed by atoms with van der Waals surface area (Å²) in [5.41, 5.74) is 0. The van der Waals surface area contributed by atoms with Gasteiger partial charge in [-0.2, -0.15) is 0 Å². The fourth-order valence-electron chi connectivity index (χ4n) is 0.883. The molecule has 0 saturated heterocycles. The van der Waals surface area contributed by atoms with Crippen LogP contribution in [0.3, 0.4) is 0 Å². The van der Waals surface area contributed by atoms with E-state index in [1.54, 1.807) is 6.07 Å². The third kappa shape index (κ3) is 3.74. The van der Waals surface area contributed by atoms with Gasteiger partial charge in [-0.3, -0.25) is 0 Å². The number of nitrogens with one attached hydrogen (secondary N) is 2. The van der Waals surface area contributed by atoms with E-state index in [4.69, 9.17) is 16.7 Å². The van der Waals surface area contributed by atoms with Crippen LogP contribution in [0, 0.1) is 12.8 Å². The molecule has 0 aromatic carbocycles. The van der Waals surface area contributed by atoms with Gasteiger partial charge in [0, 0.05) is 12.6 Å². The van der Waals surface area contributed by atoms with Crippen LogP contribution in [-0.2, 0) is 0 Å². The van der Waals surface area contributed by atoms with Crippen LogP contribution in [0.4, 0.5) is 5.82 Å². The molecule has 1 aromatic rings. The van der Waals surface area contributed by atoms with E-state index in [1.165, 1.54) is 0 Å². The van der Waals surface area contributed by atoms with Crippen molar-refractivity contribution in [3.63, 3.8) is 0 Å². The van der Waals surface area contributed by atoms with Crippen molar-refractivity contribution in [3.8, 4) is 0 Å². The molecule has 4 nitrogen and oxygen atoms in total. The van der Waals surface area contributed by atoms with Crippen molar-refractivity contribution in [1.82, 2.24) is 10.5 Å². The Hall–Kier alpha value is -1.10. The molecule has 14 heavy (non-hydrogen) atoms. The average molecular weight is 213 g/mol. The summed E-state index contributed by atoms with van der Waals surface area (Å²) in [4.78, 5) is 0. The highest BCUT2D eigenvalue weighted by Gasteiger charge is 2.02. The molecule has 78 valence electrons. The van der Waals surface area contributed by atoms with Crippen LogP contribution in [-0.4, -0.2) is 16.8 Å². The predicted octanol–water partition coefficient (Wildman–Crippen LogP) is 1.93. The maximum Gasteiger partial charge on any atom is 0.175 e. The third-order valence-corrected chi connectivity index (χ3v) is 1.79. The van der Waals surface area contributed by atoms with E-state index >= 15 is 0 Å². The minimum Gasteiger partial charge on any atom is -0.362 e. The molecular formula is C9H15N3OS. The van der Waals surface area contributed by atoms with E-state index in [0.717, 1.165) is 12.3 Å². The zero-order chi connectivity index (χ0) is 10.6. The Morgan fingerprint density at radius 2 is 2.36 bits per heavy atom. The third-order valence-electron chi connectivity index (χ3n) is 1.54. The standard InChI is InChI=1S/C9H15N3OS/c1-6(2)5-10-9(14)11-8-4-7(3)13-12-8/h4,6H,5H2,1-3H3,(H2,10,11,12,14). The van der Waals surface area contributed by atoms with Gasteiger partial charge in [0.25, 0.3) is 0 Å². The van der Waals surface area contributed by atoms with Crippen molar-refractivity contribution in [1.29, 1.82) is 0 Å². The van der Waals surface area contributed by atoms with Gasteiger partial charge in [-0.05, 0) is 25.1 Å². The van der Waals surface area contributed by atoms with Gasteiger partial charge in [0.1, 0.15) is 5.76 Å². The van der Waals surface area contributed by atoms with Crippen molar-refractivity contribution in [3.05, 3.63) is 11.8 Å². The normalized spacial score (nSPS) is 10.3. The van der Waals surface area contributed by atoms with Crippen LogP contribution < -0.4 is 10.6 Å². The quantitative estimate of drug-likeness (QED) is 0.751. The average Bonchev–Trinajstić information content (AvgIpc) is 2.48. The second-order valence-corrected chi connectivity index (χ2v) is 3.96. The molecule has 0 bridgehead atoms. The van der Waals surface area contributed by atoms with Gasteiger partial charge in [-0.15, -0.1) is 0 Å². The Kier molecular flexibility index (Phi) is 3.88. The van der Waals surface area contributed by atoms with Gasteiger partial charge >= 0.3 is 0 Å². The van der Waals surface area contributed by atoms with Crippen molar-refractivity contribution < 1.29 is 4.52 Å². The van der Waals surface area contributed by atoms with Crippen molar-refractivity contribution >= 4 is 23.1 Å². The number of rotatable bonds is 3. The molecule has 0 aliphatic heterocycles. The summed E-state index contributed by atoms with van der Waals surface area (Å²) in [6.07, 6.45) is 0. The summed E-state index contributed by atoms with van der Waals surface area (Å²) in [6.45, 7) is 6.93. The lowest BCUT2D eigenvalue weighted by Gasteiger charge is -2.09. The SMILES string of the molecule is Cc1cc(NC(=S)NCC(C)C)no1. The fourth-order valence-corrected chi connectivity index (χ4v) is 1.07. The van der Waals surface area contributed by atoms with Crippen LogP contribution in [0.15, 0.2) is 10.6 Å². The van der Waals surface area contributed by atoms with Crippen molar-refractivity contribution in [2.45, 2.75) is 20.8 Å². The second kappa shape index (κ2) is 4.95. The maximum absolute atomic E-state index is 5.06. The van der Waals surface area contributed by atoms with Crippen molar-refractivity contribution in [2.75, 3.05) is 11.9 Å². The lowest BCUT2D eigenvalue weighted by atomic mass is 10.2. The topological polar surface area (TPSA) is 50.1 Å². The lowest BCUT2D eigenvalue weighted by molar-refractivity contribution is 0.400. The molecule has 0 unspecified atom stereocenters. The second-order valence-electron chi connectivity index (χ2n) is 3.55. The maximum atomic E-state index is 5.06. The highest BCUT2D eigenvalue weighted by Crippen LogP contribution is 2.06. The number of nitrogens with zero attached hydrogens (tertiary/aromatic N) is 1. The Morgan fingerprint density at radius 3 is 2.86 bits per heavy atom. The zero-order valence-electron chi connectivity index (χ0n) is 8.63. The first-order chi connectivity index (χ1) is 6.58. The van der Waals surface area contributed by atoms with Crippen LogP contribution >= 0.6 is 12.2 Å². The van der Waals surface area contributed by atoms with Crippen LogP contribution in [0.25, 0.3) is 0 Å². The fraction of sp³-hybridized carbons (Fsp3) is 0.556. The number of anilines is 1. The minimum absolute atomic E-state index is 0.564. The lowest BCUT2D eigenvalue weighted by Crippen LogP contribution is -2.31. The molecule has 1 heterocycles. The summed E-state index contributed by atoms with van der Waals surface area (Å²) < 4.78 is 4.89. The number of aromatic nitrogens is 1. The zero-order valence-corrected chi connectivity index (χ0v) is 9.44. The summed E-state index contributed by atoms with van der Waals surface area (Å²) >= 11 is 5.06. The number of thiocarbonyl (C=S) groups is 1. The summed E-state index contributed by atoms with van der Waals surface area (Å²) in [7, 11) is 0. The summed E-state index contributed by atoms with van der Waals surface area (Å²) in [5, 5.41) is 10.4. The first-order valence-corrected chi connectivity index (χ1v) is 4.97. The smallest absolute Gasteiger partial charge is 0.175 e. The molecule has 1 aromatic heterocycles. The molecule has 5 heteroatoms. The van der Waals surface area contributed by atoms with Crippen LogP contribution in [0.1, 0.15) is 19.6 Å². The molecule has 0 radical (unpaired) electrons. The monoisotopic (exact) mass is 213 g/mol. The molecule has 2 N–H and O–H groups in total. The minimum atomic E-state index is 0.564. The molecule has 0 aliphatic carbocycles. The van der Waals surface area contributed by atoms with E-state index in [9.17, 15) is 0 Å². The highest BCUT2D eigenvalue weighted by molar-refractivity contribution is 7.80. The Bertz CT molecular complexity index is 309. The summed E-state index contributed by atoms with van der Waals surface area (Å²) in [6, 6.07) is 1.79. The number of hydrogen-bond donors (Lipinski definition) is 2. The van der Waals surface area contributed by atoms with Crippen molar-refractivity contribution in [2.24, 2.45) is 5.92 Å². The van der Waals surface area contributed by atoms with Crippen LogP contribution in [0.2, 0.25) is 0 Å². The van der Waals surface area contributed by atoms with Gasteiger partial charge in [-0.25, -0.2) is 0 Å². The van der Waals surface area contributed by atoms with E-state index < -0.39 is 0 Å². The predicted molar refractivity (Wildman–Crippen MR) is 60.3 cm³/mol. The van der Waals surface area contributed by atoms with Gasteiger partial charge in [-0.1, -0.05) is 19.0 Å². The van der Waals surface area contributed by atoms with Crippen LogP contribution in [0.5, 0.6) is 0 Å². The van der Waals surface area contributed by atoms with E-state index in [2.05, 4.69) is 29.6 Å². The van der Waals surface area contributed by atoms with E-state index in [0.29, 0.717) is 16.8 Å². The molecule has 0 atom stereocenters. The molecule has 0 fully saturated rings. The molecule has 0 aliphatic rings. The number of hydrogen-bond acceptors (Lipinski definition) is 3. The van der Waals surface area contributed by atoms with Gasteiger partial charge in [0.15, 0.2) is 10.9 Å². The largest absolute Gasteiger partial charge is 0.362 e. The van der Waals surface area contributed by atoms with E-state index in [-0.39, 0.29) is 0 Å². The van der Waals surface area contributed by atoms with Gasteiger partial charge < -0.3 is 15.2 Å². The highest BCUT2D eigenvalue weighted by atomic mass is 32.1. The molecule has 1 rings (SSSR count).